The highest BCUT2D eigenvalue weighted by atomic mass is 16.3. The number of benzene rings is 1. The average Bonchev–Trinajstić information content (AvgIpc) is 2.12. The van der Waals surface area contributed by atoms with Gasteiger partial charge in [-0.15, -0.1) is 0 Å². The Morgan fingerprint density at radius 2 is 1.94 bits per heavy atom. The molecule has 0 bridgehead atoms. The maximum Gasteiger partial charge on any atom is 0.191 e. The first-order chi connectivity index (χ1) is 7.41. The van der Waals surface area contributed by atoms with Gasteiger partial charge in [-0.25, -0.2) is 0 Å². The average molecular weight is 219 g/mol. The van der Waals surface area contributed by atoms with Crippen molar-refractivity contribution in [1.29, 1.82) is 0 Å². The van der Waals surface area contributed by atoms with Gasteiger partial charge in [-0.2, -0.15) is 0 Å². The molecular formula is C13H17NO2. The largest absolute Gasteiger partial charge is 0.507 e. The van der Waals surface area contributed by atoms with Crippen molar-refractivity contribution in [3.05, 3.63) is 41.1 Å². The van der Waals surface area contributed by atoms with Crippen LogP contribution < -0.4 is 0 Å². The Bertz CT molecular complexity index is 411. The number of carbonyl (C=O) groups is 1. The van der Waals surface area contributed by atoms with Crippen LogP contribution in [0.15, 0.2) is 24.4 Å². The summed E-state index contributed by atoms with van der Waals surface area (Å²) >= 11 is 0. The molecule has 1 aromatic rings. The van der Waals surface area contributed by atoms with Gasteiger partial charge in [-0.05, 0) is 31.0 Å². The molecule has 0 aromatic heterocycles. The van der Waals surface area contributed by atoms with Crippen molar-refractivity contribution in [1.82, 2.24) is 4.90 Å². The molecule has 0 saturated carbocycles. The van der Waals surface area contributed by atoms with Gasteiger partial charge >= 0.3 is 0 Å². The smallest absolute Gasteiger partial charge is 0.191 e. The van der Waals surface area contributed by atoms with Gasteiger partial charge in [0.05, 0.1) is 5.56 Å². The topological polar surface area (TPSA) is 40.5 Å². The minimum absolute atomic E-state index is 0.0471. The summed E-state index contributed by atoms with van der Waals surface area (Å²) < 4.78 is 0. The Labute approximate surface area is 96.0 Å². The predicted octanol–water partition coefficient (Wildman–Crippen LogP) is 2.27. The summed E-state index contributed by atoms with van der Waals surface area (Å²) in [5.41, 5.74) is 2.12. The maximum absolute atomic E-state index is 11.8. The van der Waals surface area contributed by atoms with Gasteiger partial charge in [0, 0.05) is 26.4 Å². The minimum Gasteiger partial charge on any atom is -0.507 e. The summed E-state index contributed by atoms with van der Waals surface area (Å²) in [7, 11) is 3.68. The van der Waals surface area contributed by atoms with E-state index in [0.717, 1.165) is 11.1 Å². The summed E-state index contributed by atoms with van der Waals surface area (Å²) in [4.78, 5) is 13.6. The highest BCUT2D eigenvalue weighted by Gasteiger charge is 2.12. The number of hydrogen-bond acceptors (Lipinski definition) is 3. The molecule has 0 saturated heterocycles. The van der Waals surface area contributed by atoms with E-state index in [4.69, 9.17) is 0 Å². The Kier molecular flexibility index (Phi) is 3.72. The van der Waals surface area contributed by atoms with Gasteiger partial charge < -0.3 is 10.0 Å². The lowest BCUT2D eigenvalue weighted by Gasteiger charge is -2.07. The molecule has 0 radical (unpaired) electrons. The molecule has 0 spiro atoms. The molecule has 0 aliphatic rings. The molecule has 0 heterocycles. The Morgan fingerprint density at radius 3 is 2.44 bits per heavy atom. The molecule has 16 heavy (non-hydrogen) atoms. The van der Waals surface area contributed by atoms with E-state index in [1.807, 2.05) is 34.0 Å². The lowest BCUT2D eigenvalue weighted by atomic mass is 10.0. The standard InChI is InChI=1S/C13H17NO2/c1-9-7-10(2)13(12(16)8-9)11(15)5-6-14(3)4/h5-8,16H,1-4H3. The number of rotatable bonds is 3. The van der Waals surface area contributed by atoms with Crippen LogP contribution in [0.25, 0.3) is 0 Å². The first-order valence-electron chi connectivity index (χ1n) is 5.11. The molecule has 1 aromatic carbocycles. The highest BCUT2D eigenvalue weighted by molar-refractivity contribution is 6.07. The summed E-state index contributed by atoms with van der Waals surface area (Å²) in [6.45, 7) is 3.71. The number of phenolic OH excluding ortho intramolecular Hbond substituents is 1. The second-order valence-electron chi connectivity index (χ2n) is 4.12. The van der Waals surface area contributed by atoms with Gasteiger partial charge in [0.2, 0.25) is 0 Å². The molecule has 0 fully saturated rings. The number of phenols is 1. The lowest BCUT2D eigenvalue weighted by molar-refractivity contribution is 0.104. The molecule has 0 aliphatic heterocycles. The quantitative estimate of drug-likeness (QED) is 0.626. The van der Waals surface area contributed by atoms with Crippen molar-refractivity contribution in [3.63, 3.8) is 0 Å². The minimum atomic E-state index is -0.177. The lowest BCUT2D eigenvalue weighted by Crippen LogP contribution is -2.04. The third-order valence-corrected chi connectivity index (χ3v) is 2.23. The molecule has 86 valence electrons. The molecule has 0 atom stereocenters. The van der Waals surface area contributed by atoms with Crippen LogP contribution in [0.3, 0.4) is 0 Å². The molecule has 0 amide bonds. The number of hydrogen-bond donors (Lipinski definition) is 1. The molecule has 0 aliphatic carbocycles. The fourth-order valence-electron chi connectivity index (χ4n) is 1.57. The maximum atomic E-state index is 11.8. The van der Waals surface area contributed by atoms with Gasteiger partial charge in [0.15, 0.2) is 5.78 Å². The second kappa shape index (κ2) is 4.84. The molecule has 3 nitrogen and oxygen atoms in total. The van der Waals surface area contributed by atoms with E-state index in [1.165, 1.54) is 6.08 Å². The van der Waals surface area contributed by atoms with E-state index in [2.05, 4.69) is 0 Å². The number of carbonyl (C=O) groups excluding carboxylic acids is 1. The van der Waals surface area contributed by atoms with E-state index >= 15 is 0 Å². The van der Waals surface area contributed by atoms with Gasteiger partial charge in [0.1, 0.15) is 5.75 Å². The van der Waals surface area contributed by atoms with Crippen LogP contribution in [0.1, 0.15) is 21.5 Å². The van der Waals surface area contributed by atoms with Crippen LogP contribution in [0, 0.1) is 13.8 Å². The molecule has 1 rings (SSSR count). The van der Waals surface area contributed by atoms with E-state index in [1.54, 1.807) is 17.2 Å². The van der Waals surface area contributed by atoms with E-state index in [9.17, 15) is 9.90 Å². The zero-order chi connectivity index (χ0) is 12.3. The Morgan fingerprint density at radius 1 is 1.31 bits per heavy atom. The summed E-state index contributed by atoms with van der Waals surface area (Å²) in [5, 5.41) is 9.74. The van der Waals surface area contributed by atoms with Crippen LogP contribution >= 0.6 is 0 Å². The van der Waals surface area contributed by atoms with Crippen LogP contribution in [0.2, 0.25) is 0 Å². The van der Waals surface area contributed by atoms with Crippen molar-refractivity contribution >= 4 is 5.78 Å². The van der Waals surface area contributed by atoms with Crippen LogP contribution in [-0.2, 0) is 0 Å². The van der Waals surface area contributed by atoms with Gasteiger partial charge in [0.25, 0.3) is 0 Å². The number of allylic oxidation sites excluding steroid dienone is 1. The van der Waals surface area contributed by atoms with Gasteiger partial charge in [-0.3, -0.25) is 4.79 Å². The van der Waals surface area contributed by atoms with Crippen molar-refractivity contribution in [2.45, 2.75) is 13.8 Å². The first-order valence-corrected chi connectivity index (χ1v) is 5.11. The molecule has 3 heteroatoms. The summed E-state index contributed by atoms with van der Waals surface area (Å²) in [5.74, 6) is -0.130. The third-order valence-electron chi connectivity index (χ3n) is 2.23. The van der Waals surface area contributed by atoms with Crippen molar-refractivity contribution in [2.24, 2.45) is 0 Å². The van der Waals surface area contributed by atoms with Crippen molar-refractivity contribution in [3.8, 4) is 5.75 Å². The van der Waals surface area contributed by atoms with Crippen LogP contribution in [0.4, 0.5) is 0 Å². The fraction of sp³-hybridized carbons (Fsp3) is 0.308. The molecule has 1 N–H and O–H groups in total. The Balaban J connectivity index is 3.09. The first kappa shape index (κ1) is 12.3. The van der Waals surface area contributed by atoms with E-state index in [-0.39, 0.29) is 11.5 Å². The number of nitrogens with zero attached hydrogens (tertiary/aromatic N) is 1. The SMILES string of the molecule is Cc1cc(C)c(C(=O)C=CN(C)C)c(O)c1. The second-order valence-corrected chi connectivity index (χ2v) is 4.12. The zero-order valence-electron chi connectivity index (χ0n) is 10.1. The van der Waals surface area contributed by atoms with Crippen LogP contribution in [0.5, 0.6) is 5.75 Å². The fourth-order valence-corrected chi connectivity index (χ4v) is 1.57. The monoisotopic (exact) mass is 219 g/mol. The summed E-state index contributed by atoms with van der Waals surface area (Å²) in [6, 6.07) is 3.49. The predicted molar refractivity (Wildman–Crippen MR) is 64.7 cm³/mol. The zero-order valence-corrected chi connectivity index (χ0v) is 10.1. The molecule has 0 unspecified atom stereocenters. The molecular weight excluding hydrogens is 202 g/mol. The highest BCUT2D eigenvalue weighted by Crippen LogP contribution is 2.23. The Hall–Kier alpha value is -1.77. The van der Waals surface area contributed by atoms with E-state index in [0.29, 0.717) is 5.56 Å². The van der Waals surface area contributed by atoms with Crippen molar-refractivity contribution in [2.75, 3.05) is 14.1 Å². The van der Waals surface area contributed by atoms with E-state index < -0.39 is 0 Å². The summed E-state index contributed by atoms with van der Waals surface area (Å²) in [6.07, 6.45) is 3.12. The number of aryl methyl sites for hydroxylation is 2. The number of aromatic hydroxyl groups is 1. The third kappa shape index (κ3) is 2.86. The normalized spacial score (nSPS) is 10.8. The van der Waals surface area contributed by atoms with Crippen LogP contribution in [-0.4, -0.2) is 29.9 Å². The van der Waals surface area contributed by atoms with Crippen molar-refractivity contribution < 1.29 is 9.90 Å². The van der Waals surface area contributed by atoms with Gasteiger partial charge in [-0.1, -0.05) is 6.07 Å². The number of ketones is 1.